The summed E-state index contributed by atoms with van der Waals surface area (Å²) in [5.41, 5.74) is -2.61. The Labute approximate surface area is 262 Å². The number of rotatable bonds is 7. The molecule has 10 atom stereocenters. The largest absolute Gasteiger partial charge is 0.462 e. The van der Waals surface area contributed by atoms with Crippen molar-refractivity contribution in [3.8, 4) is 0 Å². The van der Waals surface area contributed by atoms with Gasteiger partial charge in [0.25, 0.3) is 0 Å². The van der Waals surface area contributed by atoms with Crippen molar-refractivity contribution in [2.75, 3.05) is 0 Å². The Morgan fingerprint density at radius 1 is 0.933 bits per heavy atom. The van der Waals surface area contributed by atoms with Crippen molar-refractivity contribution in [1.29, 1.82) is 0 Å². The van der Waals surface area contributed by atoms with E-state index in [1.54, 1.807) is 26.8 Å². The molecule has 250 valence electrons. The topological polar surface area (TPSA) is 178 Å². The van der Waals surface area contributed by atoms with E-state index in [-0.39, 0.29) is 19.3 Å². The van der Waals surface area contributed by atoms with Crippen molar-refractivity contribution in [3.05, 3.63) is 23.3 Å². The molecule has 1 heterocycles. The second-order valence-corrected chi connectivity index (χ2v) is 12.5. The quantitative estimate of drug-likeness (QED) is 0.245. The van der Waals surface area contributed by atoms with Gasteiger partial charge in [-0.05, 0) is 39.3 Å². The van der Waals surface area contributed by atoms with Gasteiger partial charge in [0, 0.05) is 46.5 Å². The summed E-state index contributed by atoms with van der Waals surface area (Å²) in [6.07, 6.45) is -3.82. The minimum Gasteiger partial charge on any atom is -0.462 e. The number of aliphatic hydroxyl groups is 1. The lowest BCUT2D eigenvalue weighted by Crippen LogP contribution is -2.65. The van der Waals surface area contributed by atoms with Crippen molar-refractivity contribution < 1.29 is 62.3 Å². The summed E-state index contributed by atoms with van der Waals surface area (Å²) < 4.78 is 34.2. The molecule has 0 saturated carbocycles. The normalized spacial score (nSPS) is 36.3. The Balaban J connectivity index is 2.32. The van der Waals surface area contributed by atoms with Gasteiger partial charge in [0.2, 0.25) is 0 Å². The van der Waals surface area contributed by atoms with Crippen LogP contribution in [0.15, 0.2) is 23.3 Å². The summed E-state index contributed by atoms with van der Waals surface area (Å²) >= 11 is 0. The Bertz CT molecular complexity index is 1280. The standard InChI is InChI=1S/C32H44O13/c1-15-10-11-24(41-20(6)34)31(9)25(42-21(7)35)14-23(44-27(37)13-17(3)40-19(5)33)16(2)12-26-32(39,18(4)30(38)45-26)29(28(15)31)43-22(8)36/h10,12,17-18,23-26,28-29,39H,11,13-14H2,1-9H3/b16-12-/t17-,18+,23-,24+,25+,26+,28-,29+,31-,32+/m1/s1. The molecule has 13 nitrogen and oxygen atoms in total. The first kappa shape index (κ1) is 35.7. The Kier molecular flexibility index (Phi) is 10.9. The fourth-order valence-corrected chi connectivity index (χ4v) is 6.92. The zero-order chi connectivity index (χ0) is 34.0. The van der Waals surface area contributed by atoms with Crippen LogP contribution in [0.3, 0.4) is 0 Å². The first-order valence-corrected chi connectivity index (χ1v) is 15.0. The van der Waals surface area contributed by atoms with E-state index >= 15 is 0 Å². The molecule has 0 aromatic rings. The molecule has 0 aromatic carbocycles. The molecule has 1 N–H and O–H groups in total. The molecular formula is C32H44O13. The molecule has 0 bridgehead atoms. The van der Waals surface area contributed by atoms with Crippen LogP contribution in [0.1, 0.15) is 81.6 Å². The number of carbonyl (C=O) groups is 6. The average Bonchev–Trinajstić information content (AvgIpc) is 3.11. The van der Waals surface area contributed by atoms with Crippen molar-refractivity contribution in [2.24, 2.45) is 17.3 Å². The highest BCUT2D eigenvalue weighted by atomic mass is 16.6. The summed E-state index contributed by atoms with van der Waals surface area (Å²) in [4.78, 5) is 75.2. The smallest absolute Gasteiger partial charge is 0.312 e. The fraction of sp³-hybridized carbons (Fsp3) is 0.688. The molecule has 0 spiro atoms. The second kappa shape index (κ2) is 13.7. The maximum absolute atomic E-state index is 13.1. The van der Waals surface area contributed by atoms with Crippen LogP contribution < -0.4 is 0 Å². The van der Waals surface area contributed by atoms with Gasteiger partial charge in [-0.3, -0.25) is 28.8 Å². The minimum atomic E-state index is -2.15. The molecule has 0 aromatic heterocycles. The van der Waals surface area contributed by atoms with Gasteiger partial charge in [-0.2, -0.15) is 0 Å². The SMILES string of the molecule is CC(=O)O[C@H](C)CC(=O)O[C@@H]1C[C@H](OC(C)=O)[C@@]2(C)[C@@H](OC(C)=O)CC=C(C)[C@@H]2[C@H](OC(C)=O)[C@@]2(O)[C@H](/C=C\1C)OC(=O)[C@@H]2C. The van der Waals surface area contributed by atoms with Crippen LogP contribution in [0.5, 0.6) is 0 Å². The molecule has 3 aliphatic rings. The molecule has 0 unspecified atom stereocenters. The van der Waals surface area contributed by atoms with Crippen molar-refractivity contribution in [3.63, 3.8) is 0 Å². The molecule has 45 heavy (non-hydrogen) atoms. The Morgan fingerprint density at radius 3 is 2.07 bits per heavy atom. The van der Waals surface area contributed by atoms with Crippen LogP contribution in [0, 0.1) is 17.3 Å². The van der Waals surface area contributed by atoms with E-state index in [1.165, 1.54) is 47.6 Å². The van der Waals surface area contributed by atoms with Gasteiger partial charge in [-0.25, -0.2) is 0 Å². The van der Waals surface area contributed by atoms with E-state index in [2.05, 4.69) is 0 Å². The van der Waals surface area contributed by atoms with Crippen LogP contribution >= 0.6 is 0 Å². The van der Waals surface area contributed by atoms with Gasteiger partial charge < -0.3 is 33.5 Å². The second-order valence-electron chi connectivity index (χ2n) is 12.5. The molecule has 0 radical (unpaired) electrons. The van der Waals surface area contributed by atoms with Crippen LogP contribution in [0.4, 0.5) is 0 Å². The zero-order valence-corrected chi connectivity index (χ0v) is 27.2. The third-order valence-corrected chi connectivity index (χ3v) is 9.06. The Hall–Kier alpha value is -3.74. The maximum atomic E-state index is 13.1. The Morgan fingerprint density at radius 2 is 1.51 bits per heavy atom. The van der Waals surface area contributed by atoms with Gasteiger partial charge in [-0.15, -0.1) is 0 Å². The number of esters is 6. The summed E-state index contributed by atoms with van der Waals surface area (Å²) in [5, 5.41) is 12.5. The van der Waals surface area contributed by atoms with E-state index in [0.29, 0.717) is 11.1 Å². The molecule has 1 saturated heterocycles. The van der Waals surface area contributed by atoms with E-state index in [1.807, 2.05) is 0 Å². The summed E-state index contributed by atoms with van der Waals surface area (Å²) in [5.74, 6) is -6.30. The van der Waals surface area contributed by atoms with Gasteiger partial charge in [0.1, 0.15) is 30.5 Å². The van der Waals surface area contributed by atoms with Crippen LogP contribution in [-0.2, 0) is 57.2 Å². The van der Waals surface area contributed by atoms with Crippen molar-refractivity contribution in [1.82, 2.24) is 0 Å². The summed E-state index contributed by atoms with van der Waals surface area (Å²) in [6, 6.07) is 0. The number of ether oxygens (including phenoxy) is 6. The number of hydrogen-bond donors (Lipinski definition) is 1. The van der Waals surface area contributed by atoms with Gasteiger partial charge in [0.15, 0.2) is 11.7 Å². The summed E-state index contributed by atoms with van der Waals surface area (Å²) in [6.45, 7) is 12.8. The highest BCUT2D eigenvalue weighted by molar-refractivity contribution is 5.78. The van der Waals surface area contributed by atoms with Crippen LogP contribution in [0.25, 0.3) is 0 Å². The third-order valence-electron chi connectivity index (χ3n) is 9.06. The molecular weight excluding hydrogens is 592 g/mol. The van der Waals surface area contributed by atoms with E-state index in [9.17, 15) is 33.9 Å². The predicted molar refractivity (Wildman–Crippen MR) is 155 cm³/mol. The van der Waals surface area contributed by atoms with E-state index in [4.69, 9.17) is 28.4 Å². The molecule has 3 rings (SSSR count). The minimum absolute atomic E-state index is 0.144. The molecule has 0 amide bonds. The lowest BCUT2D eigenvalue weighted by atomic mass is 9.56. The average molecular weight is 637 g/mol. The molecule has 1 aliphatic heterocycles. The number of fused-ring (bicyclic) bond motifs is 2. The molecule has 2 aliphatic carbocycles. The van der Waals surface area contributed by atoms with Crippen LogP contribution in [0.2, 0.25) is 0 Å². The highest BCUT2D eigenvalue weighted by Crippen LogP contribution is 2.55. The zero-order valence-electron chi connectivity index (χ0n) is 27.2. The summed E-state index contributed by atoms with van der Waals surface area (Å²) in [7, 11) is 0. The molecule has 1 fully saturated rings. The first-order chi connectivity index (χ1) is 20.8. The first-order valence-electron chi connectivity index (χ1n) is 15.0. The highest BCUT2D eigenvalue weighted by Gasteiger charge is 2.67. The van der Waals surface area contributed by atoms with Gasteiger partial charge in [0.05, 0.1) is 17.8 Å². The van der Waals surface area contributed by atoms with E-state index < -0.39 is 95.3 Å². The van der Waals surface area contributed by atoms with Gasteiger partial charge >= 0.3 is 35.8 Å². The lowest BCUT2D eigenvalue weighted by Gasteiger charge is -2.54. The van der Waals surface area contributed by atoms with E-state index in [0.717, 1.165) is 0 Å². The van der Waals surface area contributed by atoms with Crippen molar-refractivity contribution >= 4 is 35.8 Å². The molecule has 13 heteroatoms. The monoisotopic (exact) mass is 636 g/mol. The van der Waals surface area contributed by atoms with Crippen LogP contribution in [-0.4, -0.2) is 83.1 Å². The predicted octanol–water partition coefficient (Wildman–Crippen LogP) is 2.65. The van der Waals surface area contributed by atoms with Crippen molar-refractivity contribution in [2.45, 2.75) is 124 Å². The maximum Gasteiger partial charge on any atom is 0.312 e. The number of carbonyl (C=O) groups excluding carboxylic acids is 6. The fourth-order valence-electron chi connectivity index (χ4n) is 6.92. The van der Waals surface area contributed by atoms with Gasteiger partial charge in [-0.1, -0.05) is 18.6 Å². The number of hydrogen-bond acceptors (Lipinski definition) is 13. The lowest BCUT2D eigenvalue weighted by molar-refractivity contribution is -0.218. The third kappa shape index (κ3) is 7.40.